The van der Waals surface area contributed by atoms with Gasteiger partial charge in [-0.2, -0.15) is 0 Å². The van der Waals surface area contributed by atoms with E-state index in [1.165, 1.54) is 0 Å². The number of halogens is 6. The molecule has 0 amide bonds. The maximum absolute atomic E-state index is 14.1. The van der Waals surface area contributed by atoms with Crippen LogP contribution in [0.1, 0.15) is 352 Å². The van der Waals surface area contributed by atoms with E-state index in [4.69, 9.17) is 69.6 Å². The highest BCUT2D eigenvalue weighted by molar-refractivity contribution is 6.41. The maximum Gasteiger partial charge on any atom is 0.162 e. The van der Waals surface area contributed by atoms with Crippen LogP contribution in [0.4, 0.5) is 0 Å². The number of benzene rings is 9. The third-order valence-corrected chi connectivity index (χ3v) is 25.7. The van der Waals surface area contributed by atoms with E-state index in [9.17, 15) is 28.8 Å². The van der Waals surface area contributed by atoms with Crippen molar-refractivity contribution in [1.82, 2.24) is 13.7 Å². The molecule has 0 aliphatic carbocycles. The van der Waals surface area contributed by atoms with Gasteiger partial charge in [0.1, 0.15) is 0 Å². The minimum Gasteiger partial charge on any atom is -0.309 e. The second-order valence-corrected chi connectivity index (χ2v) is 35.1. The molecule has 9 nitrogen and oxygen atoms in total. The van der Waals surface area contributed by atoms with Gasteiger partial charge < -0.3 is 13.7 Å². The third-order valence-electron chi connectivity index (χ3n) is 23.9. The predicted octanol–water partition coefficient (Wildman–Crippen LogP) is 33.2. The number of rotatable bonds is 48. The van der Waals surface area contributed by atoms with Crippen molar-refractivity contribution >= 4 is 170 Å². The monoisotopic (exact) mass is 1700 g/mol. The summed E-state index contributed by atoms with van der Waals surface area (Å²) in [6, 6.07) is 45.9. The number of Topliss-reactive ketones (excluding diaryl/α,β-unsaturated/α-hetero) is 6. The van der Waals surface area contributed by atoms with Crippen LogP contribution < -0.4 is 0 Å². The highest BCUT2D eigenvalue weighted by atomic mass is 35.5. The van der Waals surface area contributed by atoms with Crippen LogP contribution in [-0.2, 0) is 0 Å². The van der Waals surface area contributed by atoms with E-state index in [0.717, 1.165) is 258 Å². The number of carbonyl (C=O) groups is 6. The molecular weight excluding hydrogens is 1590 g/mol. The van der Waals surface area contributed by atoms with Crippen molar-refractivity contribution in [1.29, 1.82) is 0 Å². The summed E-state index contributed by atoms with van der Waals surface area (Å²) in [4.78, 5) is 84.8. The van der Waals surface area contributed by atoms with E-state index >= 15 is 0 Å². The van der Waals surface area contributed by atoms with Crippen LogP contribution in [0.2, 0.25) is 30.1 Å². The predicted molar refractivity (Wildman–Crippen MR) is 499 cm³/mol. The van der Waals surface area contributed by atoms with Gasteiger partial charge in [0.25, 0.3) is 0 Å². The summed E-state index contributed by atoms with van der Waals surface area (Å²) in [6.45, 7) is 13.1. The number of nitrogens with zero attached hydrogens (tertiary/aromatic N) is 3. The van der Waals surface area contributed by atoms with Crippen molar-refractivity contribution in [3.05, 3.63) is 232 Å². The normalized spacial score (nSPS) is 11.9. The molecule has 118 heavy (non-hydrogen) atoms. The van der Waals surface area contributed by atoms with E-state index in [1.54, 1.807) is 0 Å². The molecule has 15 heteroatoms. The number of aromatic nitrogens is 3. The Morgan fingerprint density at radius 1 is 0.212 bits per heavy atom. The zero-order chi connectivity index (χ0) is 83.5. The van der Waals surface area contributed by atoms with E-state index in [2.05, 4.69) is 55.2 Å². The van der Waals surface area contributed by atoms with Gasteiger partial charge in [0.15, 0.2) is 34.7 Å². The Balaban J connectivity index is 1.03. The highest BCUT2D eigenvalue weighted by Gasteiger charge is 2.34. The second kappa shape index (κ2) is 43.1. The van der Waals surface area contributed by atoms with E-state index in [0.29, 0.717) is 112 Å². The zero-order valence-corrected chi connectivity index (χ0v) is 74.4. The Morgan fingerprint density at radius 2 is 0.364 bits per heavy atom. The average Bonchev–Trinajstić information content (AvgIpc) is 1.57. The highest BCUT2D eigenvalue weighted by Crippen LogP contribution is 2.52. The largest absolute Gasteiger partial charge is 0.309 e. The summed E-state index contributed by atoms with van der Waals surface area (Å²) in [5.74, 6) is 0.676. The molecule has 12 rings (SSSR count). The van der Waals surface area contributed by atoms with Crippen LogP contribution in [0.25, 0.3) is 82.5 Å². The molecule has 0 N–H and O–H groups in total. The van der Waals surface area contributed by atoms with Crippen molar-refractivity contribution < 1.29 is 28.8 Å². The molecule has 0 atom stereocenters. The van der Waals surface area contributed by atoms with Crippen molar-refractivity contribution in [2.75, 3.05) is 0 Å². The molecule has 0 spiro atoms. The fourth-order valence-corrected chi connectivity index (χ4v) is 19.3. The van der Waals surface area contributed by atoms with Crippen LogP contribution in [-0.4, -0.2) is 48.4 Å². The standard InChI is InChI=1S/C103H114Cl6N3O6/c1-7-13-19-25-31-37-94(113)67-43-49-88-76(55-67)77-56-68(95(114)38-32-26-20-14-8-2)44-50-89(77)110(88)73-61-82(104)100(83(105)62-73)103(101-84(106)63-74(64-85(101)107)111-90-51-45-69(96(115)39-33-27-21-15-9-3)57-78(90)79-58-70(46-52-91(79)111)97(116)40-34-28-22-16-10-4)102-86(108)65-75(66-87(102)109)112-92-53-47-71(98(117)41-35-29-23-17-11-5)59-80(92)81-60-72(48-54-93(81)112)99(118)42-36-30-24-18-12-6/h43-66H,7-42H2,1-6H3. The summed E-state index contributed by atoms with van der Waals surface area (Å²) in [7, 11) is 0. The molecule has 3 heterocycles. The minimum absolute atomic E-state index is 0.0596. The van der Waals surface area contributed by atoms with Gasteiger partial charge in [0, 0.05) is 168 Å². The first kappa shape index (κ1) is 89.4. The lowest BCUT2D eigenvalue weighted by Crippen LogP contribution is -2.11. The quantitative estimate of drug-likeness (QED) is 0.0213. The molecule has 12 aromatic rings. The topological polar surface area (TPSA) is 117 Å². The maximum atomic E-state index is 14.1. The Hall–Kier alpha value is -7.86. The van der Waals surface area contributed by atoms with Crippen molar-refractivity contribution in [3.8, 4) is 17.1 Å². The van der Waals surface area contributed by atoms with Crippen molar-refractivity contribution in [3.63, 3.8) is 0 Å². The fourth-order valence-electron chi connectivity index (χ4n) is 17.3. The third kappa shape index (κ3) is 20.8. The minimum atomic E-state index is 0.0596. The van der Waals surface area contributed by atoms with E-state index in [1.807, 2.05) is 146 Å². The van der Waals surface area contributed by atoms with Gasteiger partial charge in [-0.15, -0.1) is 0 Å². The lowest BCUT2D eigenvalue weighted by Gasteiger charge is -2.26. The summed E-state index contributed by atoms with van der Waals surface area (Å²) in [6.07, 6.45) is 33.1. The molecule has 3 aromatic heterocycles. The van der Waals surface area contributed by atoms with E-state index < -0.39 is 0 Å². The number of hydrogen-bond donors (Lipinski definition) is 0. The summed E-state index contributed by atoms with van der Waals surface area (Å²) >= 11 is 47.9. The molecule has 9 aromatic carbocycles. The van der Waals surface area contributed by atoms with Gasteiger partial charge in [-0.3, -0.25) is 28.8 Å². The van der Waals surface area contributed by atoms with Crippen molar-refractivity contribution in [2.45, 2.75) is 273 Å². The average molecular weight is 1700 g/mol. The number of carbonyl (C=O) groups excluding carboxylic acids is 6. The first-order valence-electron chi connectivity index (χ1n) is 44.1. The second-order valence-electron chi connectivity index (χ2n) is 32.7. The molecule has 0 fully saturated rings. The molecule has 0 saturated carbocycles. The SMILES string of the molecule is CCCCCCCC(=O)c1ccc2c(c1)c1cc(C(=O)CCCCCCC)ccc1n2-c1cc(Cl)c([C](c2c(Cl)cc(-n3c4ccc(C(=O)CCCCCCC)cc4c4cc(C(=O)CCCCCCC)ccc43)cc2Cl)c2c(Cl)cc(-n3c4ccc(C(=O)CCCCCCC)cc4c4cc(C(=O)CCCCCCC)ccc43)cc2Cl)c(Cl)c1. The number of fused-ring (bicyclic) bond motifs is 9. The van der Waals surface area contributed by atoms with Crippen LogP contribution >= 0.6 is 69.6 Å². The Labute approximate surface area is 728 Å². The summed E-state index contributed by atoms with van der Waals surface area (Å²) in [5, 5.41) is 5.89. The van der Waals surface area contributed by atoms with Gasteiger partial charge >= 0.3 is 0 Å². The lowest BCUT2D eigenvalue weighted by molar-refractivity contribution is 0.0971. The van der Waals surface area contributed by atoms with Gasteiger partial charge in [-0.05, 0) is 184 Å². The smallest absolute Gasteiger partial charge is 0.162 e. The molecular formula is C103H114Cl6N3O6. The van der Waals surface area contributed by atoms with Crippen LogP contribution in [0.3, 0.4) is 0 Å². The van der Waals surface area contributed by atoms with Gasteiger partial charge in [0.05, 0.1) is 39.0 Å². The molecule has 0 bridgehead atoms. The molecule has 619 valence electrons. The number of ketones is 6. The lowest BCUT2D eigenvalue weighted by atomic mass is 9.84. The molecule has 0 saturated heterocycles. The van der Waals surface area contributed by atoms with Gasteiger partial charge in [0.2, 0.25) is 0 Å². The summed E-state index contributed by atoms with van der Waals surface area (Å²) in [5.41, 5.74) is 10.9. The van der Waals surface area contributed by atoms with E-state index in [-0.39, 0.29) is 64.8 Å². The Bertz CT molecular complexity index is 4780. The fraction of sp³-hybridized carbons (Fsp3) is 0.408. The zero-order valence-electron chi connectivity index (χ0n) is 69.9. The molecule has 0 unspecified atom stereocenters. The number of hydrogen-bond acceptors (Lipinski definition) is 6. The van der Waals surface area contributed by atoms with Crippen LogP contribution in [0.5, 0.6) is 0 Å². The summed E-state index contributed by atoms with van der Waals surface area (Å²) < 4.78 is 6.19. The van der Waals surface area contributed by atoms with Crippen LogP contribution in [0, 0.1) is 5.92 Å². The molecule has 0 aliphatic heterocycles. The van der Waals surface area contributed by atoms with Crippen LogP contribution in [0.15, 0.2) is 146 Å². The Kier molecular flexibility index (Phi) is 32.6. The van der Waals surface area contributed by atoms with Crippen molar-refractivity contribution in [2.24, 2.45) is 0 Å². The molecule has 1 radical (unpaired) electrons. The number of unbranched alkanes of at least 4 members (excludes halogenated alkanes) is 24. The van der Waals surface area contributed by atoms with Gasteiger partial charge in [-0.1, -0.05) is 265 Å². The Morgan fingerprint density at radius 3 is 0.517 bits per heavy atom. The van der Waals surface area contributed by atoms with Gasteiger partial charge in [-0.25, -0.2) is 0 Å². The first-order chi connectivity index (χ1) is 57.3. The molecule has 0 aliphatic rings. The first-order valence-corrected chi connectivity index (χ1v) is 46.4.